The lowest BCUT2D eigenvalue weighted by atomic mass is 10.1. The first kappa shape index (κ1) is 27.2. The number of nitrogens with one attached hydrogen (secondary N) is 2. The molecule has 0 aliphatic carbocycles. The molecule has 0 fully saturated rings. The molecule has 2 aromatic heterocycles. The number of rotatable bonds is 11. The fourth-order valence-electron chi connectivity index (χ4n) is 4.07. The highest BCUT2D eigenvalue weighted by Crippen LogP contribution is 2.35. The first-order chi connectivity index (χ1) is 19.2. The molecule has 0 aliphatic heterocycles. The minimum atomic E-state index is -4.05. The molecule has 0 aliphatic rings. The third-order valence-corrected chi connectivity index (χ3v) is 8.75. The minimum Gasteiger partial charge on any atom is -0.496 e. The Morgan fingerprint density at radius 3 is 2.35 bits per heavy atom. The molecule has 12 nitrogen and oxygen atoms in total. The Kier molecular flexibility index (Phi) is 7.47. The third-order valence-electron chi connectivity index (χ3n) is 5.96. The van der Waals surface area contributed by atoms with E-state index in [1.165, 1.54) is 32.4 Å². The zero-order valence-corrected chi connectivity index (χ0v) is 23.1. The van der Waals surface area contributed by atoms with Crippen molar-refractivity contribution in [1.29, 1.82) is 0 Å². The SMILES string of the molecule is COc1ccccc1S(=O)(=O)Nc1noc2cc(Cn3cc(CNS(=O)(=O)c4ccccc4)cn3)cc(OC)c12. The fourth-order valence-corrected chi connectivity index (χ4v) is 6.28. The van der Waals surface area contributed by atoms with Gasteiger partial charge in [0.2, 0.25) is 10.0 Å². The molecular weight excluding hydrogens is 558 g/mol. The van der Waals surface area contributed by atoms with E-state index < -0.39 is 20.0 Å². The van der Waals surface area contributed by atoms with E-state index in [9.17, 15) is 16.8 Å². The van der Waals surface area contributed by atoms with Crippen molar-refractivity contribution in [3.63, 3.8) is 0 Å². The van der Waals surface area contributed by atoms with E-state index >= 15 is 0 Å². The van der Waals surface area contributed by atoms with Crippen LogP contribution < -0.4 is 18.9 Å². The molecule has 0 atom stereocenters. The topological polar surface area (TPSA) is 155 Å². The highest BCUT2D eigenvalue weighted by molar-refractivity contribution is 7.92. The molecule has 0 saturated carbocycles. The number of methoxy groups -OCH3 is 2. The number of hydrogen-bond donors (Lipinski definition) is 2. The van der Waals surface area contributed by atoms with Crippen LogP contribution in [-0.4, -0.2) is 46.0 Å². The Balaban J connectivity index is 1.34. The fraction of sp³-hybridized carbons (Fsp3) is 0.154. The van der Waals surface area contributed by atoms with Crippen molar-refractivity contribution in [1.82, 2.24) is 19.7 Å². The Labute approximate surface area is 230 Å². The Morgan fingerprint density at radius 1 is 0.875 bits per heavy atom. The number of fused-ring (bicyclic) bond motifs is 1. The van der Waals surface area contributed by atoms with Gasteiger partial charge in [-0.15, -0.1) is 0 Å². The molecule has 0 spiro atoms. The van der Waals surface area contributed by atoms with Crippen LogP contribution in [0.2, 0.25) is 0 Å². The summed E-state index contributed by atoms with van der Waals surface area (Å²) in [5.74, 6) is 0.495. The van der Waals surface area contributed by atoms with Crippen molar-refractivity contribution >= 4 is 36.8 Å². The summed E-state index contributed by atoms with van der Waals surface area (Å²) in [6.07, 6.45) is 3.29. The van der Waals surface area contributed by atoms with Gasteiger partial charge in [-0.1, -0.05) is 35.5 Å². The zero-order chi connectivity index (χ0) is 28.3. The van der Waals surface area contributed by atoms with Gasteiger partial charge in [-0.25, -0.2) is 21.6 Å². The second-order valence-corrected chi connectivity index (χ2v) is 12.1. The van der Waals surface area contributed by atoms with E-state index in [2.05, 4.69) is 19.7 Å². The normalized spacial score (nSPS) is 11.9. The van der Waals surface area contributed by atoms with Crippen LogP contribution in [0.25, 0.3) is 11.0 Å². The predicted octanol–water partition coefficient (Wildman–Crippen LogP) is 3.37. The minimum absolute atomic E-state index is 0.0311. The van der Waals surface area contributed by atoms with Crippen LogP contribution in [0.4, 0.5) is 5.82 Å². The molecule has 0 radical (unpaired) electrons. The van der Waals surface area contributed by atoms with E-state index in [1.807, 2.05) is 0 Å². The van der Waals surface area contributed by atoms with Gasteiger partial charge in [0.05, 0.1) is 31.9 Å². The van der Waals surface area contributed by atoms with Gasteiger partial charge in [0, 0.05) is 18.3 Å². The van der Waals surface area contributed by atoms with Crippen molar-refractivity contribution in [2.75, 3.05) is 18.9 Å². The lowest BCUT2D eigenvalue weighted by Gasteiger charge is -2.11. The summed E-state index contributed by atoms with van der Waals surface area (Å²) in [6.45, 7) is 0.373. The van der Waals surface area contributed by atoms with Crippen molar-refractivity contribution < 1.29 is 30.8 Å². The van der Waals surface area contributed by atoms with Crippen molar-refractivity contribution in [2.45, 2.75) is 22.9 Å². The van der Waals surface area contributed by atoms with Crippen molar-refractivity contribution in [2.24, 2.45) is 0 Å². The number of benzene rings is 3. The number of aromatic nitrogens is 3. The molecule has 208 valence electrons. The Bertz CT molecular complexity index is 1870. The first-order valence-corrected chi connectivity index (χ1v) is 14.8. The molecule has 5 rings (SSSR count). The summed E-state index contributed by atoms with van der Waals surface area (Å²) in [6, 6.07) is 17.7. The van der Waals surface area contributed by atoms with Gasteiger partial charge in [-0.05, 0) is 42.0 Å². The second kappa shape index (κ2) is 11.0. The molecule has 5 aromatic rings. The molecule has 14 heteroatoms. The maximum atomic E-state index is 13.1. The highest BCUT2D eigenvalue weighted by Gasteiger charge is 2.24. The standard InChI is InChI=1S/C26H25N5O7S2/c1-36-21-10-6-7-11-24(21)40(34,35)30-26-25-22(37-2)12-18(13-23(25)38-29-26)16-31-17-19(14-27-31)15-28-39(32,33)20-8-4-3-5-9-20/h3-14,17,28H,15-16H2,1-2H3,(H,29,30). The molecule has 0 unspecified atom stereocenters. The van der Waals surface area contributed by atoms with Gasteiger partial charge in [-0.3, -0.25) is 9.40 Å². The lowest BCUT2D eigenvalue weighted by molar-refractivity contribution is 0.403. The summed E-state index contributed by atoms with van der Waals surface area (Å²) in [7, 11) is -4.86. The van der Waals surface area contributed by atoms with E-state index in [0.29, 0.717) is 28.8 Å². The van der Waals surface area contributed by atoms with Crippen molar-refractivity contribution in [3.8, 4) is 11.5 Å². The van der Waals surface area contributed by atoms with Gasteiger partial charge in [0.1, 0.15) is 21.8 Å². The van der Waals surface area contributed by atoms with E-state index in [4.69, 9.17) is 14.0 Å². The second-order valence-electron chi connectivity index (χ2n) is 8.64. The average molecular weight is 584 g/mol. The number of sulfonamides is 2. The zero-order valence-electron chi connectivity index (χ0n) is 21.4. The number of hydrogen-bond acceptors (Lipinski definition) is 9. The molecule has 0 amide bonds. The summed E-state index contributed by atoms with van der Waals surface area (Å²) in [5.41, 5.74) is 1.70. The van der Waals surface area contributed by atoms with Gasteiger partial charge in [-0.2, -0.15) is 5.10 Å². The number of ether oxygens (including phenoxy) is 2. The van der Waals surface area contributed by atoms with Crippen LogP contribution in [0, 0.1) is 0 Å². The van der Waals surface area contributed by atoms with Crippen LogP contribution in [0.5, 0.6) is 11.5 Å². The summed E-state index contributed by atoms with van der Waals surface area (Å²) < 4.78 is 73.9. The molecule has 40 heavy (non-hydrogen) atoms. The van der Waals surface area contributed by atoms with Crippen LogP contribution >= 0.6 is 0 Å². The van der Waals surface area contributed by atoms with Gasteiger partial charge >= 0.3 is 0 Å². The van der Waals surface area contributed by atoms with Crippen LogP contribution in [-0.2, 0) is 33.1 Å². The van der Waals surface area contributed by atoms with E-state index in [-0.39, 0.29) is 27.9 Å². The summed E-state index contributed by atoms with van der Waals surface area (Å²) >= 11 is 0. The molecule has 0 bridgehead atoms. The van der Waals surface area contributed by atoms with Crippen molar-refractivity contribution in [3.05, 3.63) is 90.3 Å². The monoisotopic (exact) mass is 583 g/mol. The summed E-state index contributed by atoms with van der Waals surface area (Å²) in [4.78, 5) is 0.129. The average Bonchev–Trinajstić information content (AvgIpc) is 3.58. The van der Waals surface area contributed by atoms with Crippen LogP contribution in [0.15, 0.2) is 93.4 Å². The smallest absolute Gasteiger partial charge is 0.266 e. The first-order valence-electron chi connectivity index (χ1n) is 11.9. The molecule has 2 N–H and O–H groups in total. The number of para-hydroxylation sites is 1. The maximum Gasteiger partial charge on any atom is 0.266 e. The lowest BCUT2D eigenvalue weighted by Crippen LogP contribution is -2.22. The Hall–Kier alpha value is -4.40. The molecule has 2 heterocycles. The number of anilines is 1. The maximum absolute atomic E-state index is 13.1. The predicted molar refractivity (Wildman–Crippen MR) is 146 cm³/mol. The molecular formula is C26H25N5O7S2. The van der Waals surface area contributed by atoms with E-state index in [0.717, 1.165) is 5.56 Å². The largest absolute Gasteiger partial charge is 0.496 e. The van der Waals surface area contributed by atoms with Gasteiger partial charge in [0.25, 0.3) is 10.0 Å². The van der Waals surface area contributed by atoms with Crippen LogP contribution in [0.1, 0.15) is 11.1 Å². The Morgan fingerprint density at radius 2 is 1.60 bits per heavy atom. The molecule has 3 aromatic carbocycles. The van der Waals surface area contributed by atoms with Crippen LogP contribution in [0.3, 0.4) is 0 Å². The quantitative estimate of drug-likeness (QED) is 0.238. The highest BCUT2D eigenvalue weighted by atomic mass is 32.2. The third kappa shape index (κ3) is 5.64. The summed E-state index contributed by atoms with van der Waals surface area (Å²) in [5, 5.41) is 8.58. The molecule has 0 saturated heterocycles. The number of nitrogens with zero attached hydrogens (tertiary/aromatic N) is 3. The van der Waals surface area contributed by atoms with Gasteiger partial charge in [0.15, 0.2) is 11.4 Å². The van der Waals surface area contributed by atoms with E-state index in [1.54, 1.807) is 65.6 Å². The van der Waals surface area contributed by atoms with Gasteiger partial charge < -0.3 is 14.0 Å².